The third-order valence-corrected chi connectivity index (χ3v) is 4.67. The fourth-order valence-electron chi connectivity index (χ4n) is 3.41. The summed E-state index contributed by atoms with van der Waals surface area (Å²) in [5.74, 6) is 0.396. The molecule has 7 nitrogen and oxygen atoms in total. The van der Waals surface area contributed by atoms with Crippen molar-refractivity contribution in [2.45, 2.75) is 6.04 Å². The number of benzene rings is 3. The van der Waals surface area contributed by atoms with Crippen LogP contribution in [0.1, 0.15) is 17.2 Å². The van der Waals surface area contributed by atoms with Gasteiger partial charge in [0.1, 0.15) is 11.3 Å². The van der Waals surface area contributed by atoms with Crippen molar-refractivity contribution in [3.8, 4) is 5.75 Å². The average Bonchev–Trinajstić information content (AvgIpc) is 2.73. The second-order valence-electron chi connectivity index (χ2n) is 6.21. The van der Waals surface area contributed by atoms with Gasteiger partial charge >= 0.3 is 0 Å². The molecule has 1 heterocycles. The maximum atomic E-state index is 11.6. The van der Waals surface area contributed by atoms with Gasteiger partial charge in [0.05, 0.1) is 16.5 Å². The third kappa shape index (κ3) is 2.79. The summed E-state index contributed by atoms with van der Waals surface area (Å²) >= 11 is 0. The lowest BCUT2D eigenvalue weighted by atomic mass is 9.91. The molecule has 1 unspecified atom stereocenters. The monoisotopic (exact) mass is 374 g/mol. The Bertz CT molecular complexity index is 1140. The molecule has 1 N–H and O–H groups in total. The molecule has 0 radical (unpaired) electrons. The Balaban J connectivity index is 2.03. The van der Waals surface area contributed by atoms with Crippen LogP contribution < -0.4 is 10.1 Å². The zero-order valence-corrected chi connectivity index (χ0v) is 14.5. The average molecular weight is 374 g/mol. The van der Waals surface area contributed by atoms with E-state index in [9.17, 15) is 19.7 Å². The predicted molar refractivity (Wildman–Crippen MR) is 102 cm³/mol. The molecule has 3 aromatic rings. The second kappa shape index (κ2) is 6.96. The highest BCUT2D eigenvalue weighted by Gasteiger charge is 2.33. The standard InChI is InChI=1S/C21H14N2O5/c24-11-14(12-25)21-22-20(16-7-3-4-8-17(16)23(26)27)19-15-6-2-1-5-13(15)9-10-18(19)28-21/h1-12,20,22H. The molecule has 0 saturated heterocycles. The first-order valence-electron chi connectivity index (χ1n) is 8.48. The van der Waals surface area contributed by atoms with Crippen molar-refractivity contribution in [1.29, 1.82) is 0 Å². The molecule has 3 aromatic carbocycles. The number of allylic oxidation sites excluding steroid dienone is 1. The molecule has 1 atom stereocenters. The summed E-state index contributed by atoms with van der Waals surface area (Å²) in [5.41, 5.74) is 0.829. The summed E-state index contributed by atoms with van der Waals surface area (Å²) in [4.78, 5) is 33.7. The van der Waals surface area contributed by atoms with E-state index in [1.807, 2.05) is 30.3 Å². The Morgan fingerprint density at radius 2 is 1.71 bits per heavy atom. The van der Waals surface area contributed by atoms with Crippen LogP contribution in [0.4, 0.5) is 5.69 Å². The molecule has 0 saturated carbocycles. The highest BCUT2D eigenvalue weighted by Crippen LogP contribution is 2.42. The first-order chi connectivity index (χ1) is 13.6. The normalized spacial score (nSPS) is 15.1. The lowest BCUT2D eigenvalue weighted by Crippen LogP contribution is -2.32. The topological polar surface area (TPSA) is 98.5 Å². The van der Waals surface area contributed by atoms with E-state index in [2.05, 4.69) is 5.32 Å². The van der Waals surface area contributed by atoms with Gasteiger partial charge in [-0.2, -0.15) is 0 Å². The number of nitrogens with one attached hydrogen (secondary N) is 1. The van der Waals surface area contributed by atoms with E-state index in [0.29, 0.717) is 29.4 Å². The second-order valence-corrected chi connectivity index (χ2v) is 6.21. The Morgan fingerprint density at radius 1 is 1.00 bits per heavy atom. The lowest BCUT2D eigenvalue weighted by Gasteiger charge is -2.31. The number of fused-ring (bicyclic) bond motifs is 3. The first-order valence-corrected chi connectivity index (χ1v) is 8.48. The fraction of sp³-hybridized carbons (Fsp3) is 0.0476. The Labute approximate surface area is 159 Å². The number of nitro groups is 1. The van der Waals surface area contributed by atoms with Crippen molar-refractivity contribution in [3.63, 3.8) is 0 Å². The van der Waals surface area contributed by atoms with E-state index in [-0.39, 0.29) is 17.1 Å². The van der Waals surface area contributed by atoms with Gasteiger partial charge in [0.25, 0.3) is 5.69 Å². The summed E-state index contributed by atoms with van der Waals surface area (Å²) in [5, 5.41) is 16.4. The largest absolute Gasteiger partial charge is 0.440 e. The summed E-state index contributed by atoms with van der Waals surface area (Å²) in [6, 6.07) is 16.9. The molecule has 0 bridgehead atoms. The molecule has 28 heavy (non-hydrogen) atoms. The van der Waals surface area contributed by atoms with E-state index in [1.54, 1.807) is 24.3 Å². The van der Waals surface area contributed by atoms with Gasteiger partial charge in [-0.05, 0) is 22.9 Å². The van der Waals surface area contributed by atoms with Crippen molar-refractivity contribution in [1.82, 2.24) is 5.32 Å². The van der Waals surface area contributed by atoms with Crippen LogP contribution in [0.25, 0.3) is 10.8 Å². The van der Waals surface area contributed by atoms with E-state index >= 15 is 0 Å². The minimum atomic E-state index is -0.679. The minimum Gasteiger partial charge on any atom is -0.440 e. The van der Waals surface area contributed by atoms with Crippen LogP contribution >= 0.6 is 0 Å². The van der Waals surface area contributed by atoms with E-state index < -0.39 is 11.0 Å². The number of aldehydes is 2. The first kappa shape index (κ1) is 17.4. The Morgan fingerprint density at radius 3 is 2.46 bits per heavy atom. The molecule has 1 aliphatic heterocycles. The van der Waals surface area contributed by atoms with Crippen LogP contribution in [0.2, 0.25) is 0 Å². The molecule has 0 aromatic heterocycles. The molecule has 1 aliphatic rings. The van der Waals surface area contributed by atoms with Crippen LogP contribution in [-0.4, -0.2) is 17.5 Å². The number of carbonyl (C=O) groups is 2. The quantitative estimate of drug-likeness (QED) is 0.188. The number of hydrogen-bond donors (Lipinski definition) is 1. The molecule has 0 spiro atoms. The minimum absolute atomic E-state index is 0.0315. The van der Waals surface area contributed by atoms with Gasteiger partial charge in [-0.25, -0.2) is 0 Å². The molecule has 7 heteroatoms. The lowest BCUT2D eigenvalue weighted by molar-refractivity contribution is -0.385. The van der Waals surface area contributed by atoms with Crippen molar-refractivity contribution >= 4 is 29.0 Å². The summed E-state index contributed by atoms with van der Waals surface area (Å²) < 4.78 is 5.77. The molecule has 138 valence electrons. The van der Waals surface area contributed by atoms with Gasteiger partial charge in [0.15, 0.2) is 12.6 Å². The molecule has 0 fully saturated rings. The number of rotatable bonds is 4. The van der Waals surface area contributed by atoms with Crippen LogP contribution in [0, 0.1) is 10.1 Å². The molecule has 0 amide bonds. The highest BCUT2D eigenvalue weighted by molar-refractivity contribution is 6.00. The molecule has 4 rings (SSSR count). The van der Waals surface area contributed by atoms with Gasteiger partial charge in [-0.1, -0.05) is 42.5 Å². The maximum absolute atomic E-state index is 11.6. The number of nitro benzene ring substituents is 1. The van der Waals surface area contributed by atoms with Gasteiger partial charge in [0, 0.05) is 11.6 Å². The van der Waals surface area contributed by atoms with Gasteiger partial charge in [-0.15, -0.1) is 0 Å². The Kier molecular flexibility index (Phi) is 4.33. The Hall–Kier alpha value is -4.00. The van der Waals surface area contributed by atoms with Crippen LogP contribution in [0.15, 0.2) is 72.1 Å². The molecule has 0 aliphatic carbocycles. The zero-order valence-electron chi connectivity index (χ0n) is 14.5. The van der Waals surface area contributed by atoms with Gasteiger partial charge in [-0.3, -0.25) is 19.7 Å². The van der Waals surface area contributed by atoms with Gasteiger partial charge < -0.3 is 10.1 Å². The third-order valence-electron chi connectivity index (χ3n) is 4.67. The number of carbonyl (C=O) groups excluding carboxylic acids is 2. The van der Waals surface area contributed by atoms with Crippen molar-refractivity contribution in [2.24, 2.45) is 0 Å². The number of hydrogen-bond acceptors (Lipinski definition) is 6. The summed E-state index contributed by atoms with van der Waals surface area (Å²) in [7, 11) is 0. The number of nitrogens with zero attached hydrogens (tertiary/aromatic N) is 1. The summed E-state index contributed by atoms with van der Waals surface area (Å²) in [6.07, 6.45) is 0.773. The van der Waals surface area contributed by atoms with Crippen molar-refractivity contribution < 1.29 is 19.2 Å². The SMILES string of the molecule is O=CC(C=O)=C1NC(c2ccccc2[N+](=O)[O-])c2c(ccc3ccccc23)O1. The van der Waals surface area contributed by atoms with Crippen LogP contribution in [0.5, 0.6) is 5.75 Å². The number of ether oxygens (including phenoxy) is 1. The fourth-order valence-corrected chi connectivity index (χ4v) is 3.41. The maximum Gasteiger partial charge on any atom is 0.275 e. The van der Waals surface area contributed by atoms with Crippen molar-refractivity contribution in [2.75, 3.05) is 0 Å². The van der Waals surface area contributed by atoms with E-state index in [1.165, 1.54) is 6.07 Å². The smallest absolute Gasteiger partial charge is 0.275 e. The van der Waals surface area contributed by atoms with Gasteiger partial charge in [0.2, 0.25) is 5.88 Å². The highest BCUT2D eigenvalue weighted by atomic mass is 16.6. The van der Waals surface area contributed by atoms with E-state index in [0.717, 1.165) is 10.8 Å². The molecular weight excluding hydrogens is 360 g/mol. The van der Waals surface area contributed by atoms with Crippen molar-refractivity contribution in [3.05, 3.63) is 93.4 Å². The summed E-state index contributed by atoms with van der Waals surface area (Å²) in [6.45, 7) is 0. The van der Waals surface area contributed by atoms with Crippen LogP contribution in [-0.2, 0) is 9.59 Å². The zero-order chi connectivity index (χ0) is 19.7. The predicted octanol–water partition coefficient (Wildman–Crippen LogP) is 3.43. The van der Waals surface area contributed by atoms with Crippen LogP contribution in [0.3, 0.4) is 0 Å². The molecular formula is C21H14N2O5. The number of para-hydroxylation sites is 1. The van der Waals surface area contributed by atoms with E-state index in [4.69, 9.17) is 4.74 Å².